The van der Waals surface area contributed by atoms with Crippen LogP contribution >= 0.6 is 15.9 Å². The second-order valence-electron chi connectivity index (χ2n) is 5.53. The van der Waals surface area contributed by atoms with Crippen LogP contribution in [0.3, 0.4) is 0 Å². The molecule has 4 nitrogen and oxygen atoms in total. The van der Waals surface area contributed by atoms with E-state index in [0.29, 0.717) is 5.56 Å². The Morgan fingerprint density at radius 3 is 2.83 bits per heavy atom. The first-order chi connectivity index (χ1) is 11.1. The zero-order valence-corrected chi connectivity index (χ0v) is 14.8. The number of aryl methyl sites for hydroxylation is 1. The predicted molar refractivity (Wildman–Crippen MR) is 95.9 cm³/mol. The monoisotopic (exact) mass is 374 g/mol. The molecule has 5 heteroatoms. The molecule has 0 atom stereocenters. The number of benzene rings is 2. The molecule has 0 unspecified atom stereocenters. The number of nitrogens with one attached hydrogen (secondary N) is 1. The maximum absolute atomic E-state index is 12.0. The van der Waals surface area contributed by atoms with Gasteiger partial charge in [-0.05, 0) is 54.8 Å². The van der Waals surface area contributed by atoms with Gasteiger partial charge in [0.05, 0.1) is 7.11 Å². The lowest BCUT2D eigenvalue weighted by molar-refractivity contribution is 0.0963. The molecule has 120 valence electrons. The molecule has 0 saturated carbocycles. The number of carbonyl (C=O) groups is 1. The molecule has 3 rings (SSSR count). The maximum atomic E-state index is 12.0. The molecule has 1 N–H and O–H groups in total. The Kier molecular flexibility index (Phi) is 4.57. The lowest BCUT2D eigenvalue weighted by Crippen LogP contribution is -2.25. The van der Waals surface area contributed by atoms with Crippen molar-refractivity contribution in [3.8, 4) is 5.75 Å². The van der Waals surface area contributed by atoms with E-state index in [4.69, 9.17) is 4.74 Å². The topological polar surface area (TPSA) is 41.6 Å². The number of methoxy groups -OCH3 is 1. The normalized spacial score (nSPS) is 13.4. The molecule has 0 spiro atoms. The SMILES string of the molecule is CNC(=O)c1cc(Br)cc(N2CCCc3cc(OC)ccc32)c1. The Bertz CT molecular complexity index is 746. The van der Waals surface area contributed by atoms with Crippen LogP contribution in [0, 0.1) is 0 Å². The number of hydrogen-bond donors (Lipinski definition) is 1. The predicted octanol–water partition coefficient (Wildman–Crippen LogP) is 3.90. The molecule has 0 aromatic heterocycles. The van der Waals surface area contributed by atoms with Crippen LogP contribution in [0.15, 0.2) is 40.9 Å². The van der Waals surface area contributed by atoms with E-state index in [0.717, 1.165) is 35.3 Å². The fourth-order valence-electron chi connectivity index (χ4n) is 2.97. The first-order valence-corrected chi connectivity index (χ1v) is 8.39. The van der Waals surface area contributed by atoms with Gasteiger partial charge in [-0.2, -0.15) is 0 Å². The molecule has 23 heavy (non-hydrogen) atoms. The second-order valence-corrected chi connectivity index (χ2v) is 6.44. The molecule has 0 saturated heterocycles. The van der Waals surface area contributed by atoms with Gasteiger partial charge in [-0.1, -0.05) is 15.9 Å². The number of carbonyl (C=O) groups excluding carboxylic acids is 1. The third-order valence-electron chi connectivity index (χ3n) is 4.09. The maximum Gasteiger partial charge on any atom is 0.251 e. The highest BCUT2D eigenvalue weighted by Gasteiger charge is 2.20. The Balaban J connectivity index is 2.04. The van der Waals surface area contributed by atoms with Gasteiger partial charge in [0.15, 0.2) is 0 Å². The summed E-state index contributed by atoms with van der Waals surface area (Å²) in [5, 5.41) is 2.68. The van der Waals surface area contributed by atoms with E-state index >= 15 is 0 Å². The number of rotatable bonds is 3. The van der Waals surface area contributed by atoms with Crippen molar-refractivity contribution in [1.82, 2.24) is 5.32 Å². The highest BCUT2D eigenvalue weighted by molar-refractivity contribution is 9.10. The molecule has 0 bridgehead atoms. The van der Waals surface area contributed by atoms with Gasteiger partial charge < -0.3 is 15.0 Å². The molecule has 2 aromatic carbocycles. The van der Waals surface area contributed by atoms with Crippen molar-refractivity contribution in [3.63, 3.8) is 0 Å². The summed E-state index contributed by atoms with van der Waals surface area (Å²) in [7, 11) is 3.33. The minimum Gasteiger partial charge on any atom is -0.497 e. The lowest BCUT2D eigenvalue weighted by atomic mass is 10.00. The number of nitrogens with zero attached hydrogens (tertiary/aromatic N) is 1. The van der Waals surface area contributed by atoms with Crippen molar-refractivity contribution >= 4 is 33.2 Å². The molecule has 2 aromatic rings. The summed E-state index contributed by atoms with van der Waals surface area (Å²) in [6.45, 7) is 0.933. The van der Waals surface area contributed by atoms with Crippen LogP contribution in [0.5, 0.6) is 5.75 Å². The van der Waals surface area contributed by atoms with Crippen molar-refractivity contribution in [3.05, 3.63) is 52.0 Å². The zero-order valence-electron chi connectivity index (χ0n) is 13.2. The van der Waals surface area contributed by atoms with Crippen molar-refractivity contribution in [2.24, 2.45) is 0 Å². The van der Waals surface area contributed by atoms with Gasteiger partial charge in [0.25, 0.3) is 5.91 Å². The summed E-state index contributed by atoms with van der Waals surface area (Å²) in [5.74, 6) is 0.797. The smallest absolute Gasteiger partial charge is 0.251 e. The molecule has 0 fully saturated rings. The number of hydrogen-bond acceptors (Lipinski definition) is 3. The van der Waals surface area contributed by atoms with Crippen LogP contribution in [0.2, 0.25) is 0 Å². The highest BCUT2D eigenvalue weighted by atomic mass is 79.9. The van der Waals surface area contributed by atoms with Crippen LogP contribution in [-0.2, 0) is 6.42 Å². The largest absolute Gasteiger partial charge is 0.497 e. The number of anilines is 2. The Morgan fingerprint density at radius 2 is 2.09 bits per heavy atom. The van der Waals surface area contributed by atoms with Gasteiger partial charge in [-0.25, -0.2) is 0 Å². The molecular weight excluding hydrogens is 356 g/mol. The third kappa shape index (κ3) is 3.20. The van der Waals surface area contributed by atoms with E-state index in [9.17, 15) is 4.79 Å². The Labute approximate surface area is 144 Å². The van der Waals surface area contributed by atoms with E-state index < -0.39 is 0 Å². The van der Waals surface area contributed by atoms with Gasteiger partial charge in [0, 0.05) is 35.0 Å². The minimum absolute atomic E-state index is 0.0838. The first-order valence-electron chi connectivity index (χ1n) is 7.59. The molecule has 1 amide bonds. The first kappa shape index (κ1) is 15.9. The summed E-state index contributed by atoms with van der Waals surface area (Å²) in [5.41, 5.74) is 4.12. The summed E-state index contributed by atoms with van der Waals surface area (Å²) in [6.07, 6.45) is 2.11. The minimum atomic E-state index is -0.0838. The van der Waals surface area contributed by atoms with Gasteiger partial charge in [0.2, 0.25) is 0 Å². The van der Waals surface area contributed by atoms with Gasteiger partial charge in [-0.3, -0.25) is 4.79 Å². The number of ether oxygens (including phenoxy) is 1. The molecule has 1 aliphatic heterocycles. The second kappa shape index (κ2) is 6.62. The zero-order chi connectivity index (χ0) is 16.4. The number of halogens is 1. The standard InChI is InChI=1S/C18H19BrN2O2/c1-20-18(22)13-8-14(19)11-15(9-13)21-7-3-4-12-10-16(23-2)5-6-17(12)21/h5-6,8-11H,3-4,7H2,1-2H3,(H,20,22). The average Bonchev–Trinajstić information content (AvgIpc) is 2.59. The molecule has 1 heterocycles. The van der Waals surface area contributed by atoms with Crippen LogP contribution in [0.25, 0.3) is 0 Å². The van der Waals surface area contributed by atoms with Gasteiger partial charge in [0.1, 0.15) is 5.75 Å². The van der Waals surface area contributed by atoms with Crippen molar-refractivity contribution in [2.75, 3.05) is 25.6 Å². The summed E-state index contributed by atoms with van der Waals surface area (Å²) in [6, 6.07) is 12.0. The average molecular weight is 375 g/mol. The number of fused-ring (bicyclic) bond motifs is 1. The molecular formula is C18H19BrN2O2. The Hall–Kier alpha value is -2.01. The van der Waals surface area contributed by atoms with Crippen LogP contribution in [0.1, 0.15) is 22.3 Å². The molecule has 0 aliphatic carbocycles. The van der Waals surface area contributed by atoms with Crippen LogP contribution < -0.4 is 15.0 Å². The van der Waals surface area contributed by atoms with E-state index in [1.807, 2.05) is 24.3 Å². The fraction of sp³-hybridized carbons (Fsp3) is 0.278. The molecule has 0 radical (unpaired) electrons. The third-order valence-corrected chi connectivity index (χ3v) is 4.55. The van der Waals surface area contributed by atoms with Crippen LogP contribution in [0.4, 0.5) is 11.4 Å². The van der Waals surface area contributed by atoms with Crippen molar-refractivity contribution in [2.45, 2.75) is 12.8 Å². The Morgan fingerprint density at radius 1 is 1.26 bits per heavy atom. The van der Waals surface area contributed by atoms with E-state index in [1.54, 1.807) is 14.2 Å². The van der Waals surface area contributed by atoms with Gasteiger partial charge in [-0.15, -0.1) is 0 Å². The van der Waals surface area contributed by atoms with E-state index in [-0.39, 0.29) is 5.91 Å². The van der Waals surface area contributed by atoms with Crippen LogP contribution in [-0.4, -0.2) is 26.6 Å². The fourth-order valence-corrected chi connectivity index (χ4v) is 3.46. The summed E-state index contributed by atoms with van der Waals surface area (Å²) >= 11 is 3.51. The number of amides is 1. The lowest BCUT2D eigenvalue weighted by Gasteiger charge is -2.32. The molecule has 1 aliphatic rings. The van der Waals surface area contributed by atoms with Gasteiger partial charge >= 0.3 is 0 Å². The summed E-state index contributed by atoms with van der Waals surface area (Å²) < 4.78 is 6.22. The van der Waals surface area contributed by atoms with Crippen molar-refractivity contribution < 1.29 is 9.53 Å². The van der Waals surface area contributed by atoms with E-state index in [1.165, 1.54) is 11.3 Å². The quantitative estimate of drug-likeness (QED) is 0.885. The summed E-state index contributed by atoms with van der Waals surface area (Å²) in [4.78, 5) is 14.2. The van der Waals surface area contributed by atoms with E-state index in [2.05, 4.69) is 38.3 Å². The highest BCUT2D eigenvalue weighted by Crippen LogP contribution is 2.36. The van der Waals surface area contributed by atoms with Crippen molar-refractivity contribution in [1.29, 1.82) is 0 Å².